The van der Waals surface area contributed by atoms with Crippen LogP contribution in [-0.2, 0) is 9.59 Å². The normalized spacial score (nSPS) is 38.8. The van der Waals surface area contributed by atoms with E-state index in [1.165, 1.54) is 0 Å². The molecular weight excluding hydrogens is 260 g/mol. The number of rotatable bonds is 1. The number of amides is 2. The van der Waals surface area contributed by atoms with Crippen molar-refractivity contribution in [2.24, 2.45) is 5.92 Å². The fraction of sp³-hybridized carbons (Fsp3) is 0.857. The van der Waals surface area contributed by atoms with Gasteiger partial charge < -0.3 is 10.2 Å². The second-order valence-electron chi connectivity index (χ2n) is 6.20. The summed E-state index contributed by atoms with van der Waals surface area (Å²) in [5.41, 5.74) is 0. The maximum Gasteiger partial charge on any atom is 0.238 e. The summed E-state index contributed by atoms with van der Waals surface area (Å²) in [6.45, 7) is 3.73. The summed E-state index contributed by atoms with van der Waals surface area (Å²) in [7, 11) is 0. The van der Waals surface area contributed by atoms with Crippen LogP contribution in [0.4, 0.5) is 0 Å². The number of hydrogen-bond donors (Lipinski definition) is 1. The maximum absolute atomic E-state index is 12.7. The smallest absolute Gasteiger partial charge is 0.238 e. The molecule has 3 fully saturated rings. The van der Waals surface area contributed by atoms with E-state index in [9.17, 15) is 9.59 Å². The molecule has 3 saturated heterocycles. The van der Waals surface area contributed by atoms with E-state index in [2.05, 4.69) is 17.1 Å². The monoisotopic (exact) mass is 282 g/mol. The van der Waals surface area contributed by atoms with E-state index in [0.717, 1.165) is 44.5 Å². The average Bonchev–Trinajstić information content (AvgIpc) is 2.85. The molecule has 0 aromatic carbocycles. The minimum atomic E-state index is -0.190. The third-order valence-electron chi connectivity index (χ3n) is 4.78. The summed E-state index contributed by atoms with van der Waals surface area (Å²) in [6.07, 6.45) is 4.64. The minimum Gasteiger partial charge on any atom is -0.353 e. The molecule has 3 atom stereocenters. The molecule has 2 amide bonds. The number of piperidine rings is 2. The van der Waals surface area contributed by atoms with Crippen LogP contribution in [0.5, 0.6) is 0 Å². The van der Waals surface area contributed by atoms with Crippen LogP contribution in [0.15, 0.2) is 0 Å². The first-order valence-electron chi connectivity index (χ1n) is 7.31. The maximum atomic E-state index is 12.7. The van der Waals surface area contributed by atoms with Gasteiger partial charge in [0.05, 0.1) is 4.75 Å². The number of carbonyl (C=O) groups is 2. The average molecular weight is 282 g/mol. The highest BCUT2D eigenvalue weighted by Gasteiger charge is 2.43. The Morgan fingerprint density at radius 2 is 2.32 bits per heavy atom. The van der Waals surface area contributed by atoms with Gasteiger partial charge >= 0.3 is 0 Å². The van der Waals surface area contributed by atoms with Crippen molar-refractivity contribution in [3.05, 3.63) is 0 Å². The molecule has 3 aliphatic heterocycles. The summed E-state index contributed by atoms with van der Waals surface area (Å²) in [5.74, 6) is 2.08. The predicted octanol–water partition coefficient (Wildman–Crippen LogP) is 1.40. The van der Waals surface area contributed by atoms with Crippen molar-refractivity contribution < 1.29 is 9.59 Å². The van der Waals surface area contributed by atoms with Gasteiger partial charge in [-0.15, -0.1) is 11.8 Å². The highest BCUT2D eigenvalue weighted by atomic mass is 32.2. The Morgan fingerprint density at radius 1 is 1.47 bits per heavy atom. The van der Waals surface area contributed by atoms with Gasteiger partial charge in [0.25, 0.3) is 0 Å². The Morgan fingerprint density at radius 3 is 3.05 bits per heavy atom. The largest absolute Gasteiger partial charge is 0.353 e. The molecule has 0 bridgehead atoms. The first kappa shape index (κ1) is 13.3. The molecule has 0 aliphatic carbocycles. The van der Waals surface area contributed by atoms with Crippen molar-refractivity contribution in [1.82, 2.24) is 10.2 Å². The summed E-state index contributed by atoms with van der Waals surface area (Å²) in [4.78, 5) is 26.1. The van der Waals surface area contributed by atoms with Crippen molar-refractivity contribution in [3.63, 3.8) is 0 Å². The lowest BCUT2D eigenvalue weighted by molar-refractivity contribution is -0.136. The third-order valence-corrected chi connectivity index (χ3v) is 6.29. The molecule has 3 rings (SSSR count). The van der Waals surface area contributed by atoms with Crippen LogP contribution in [0.3, 0.4) is 0 Å². The summed E-state index contributed by atoms with van der Waals surface area (Å²) in [5, 5.41) is 3.07. The van der Waals surface area contributed by atoms with Crippen LogP contribution in [0.2, 0.25) is 0 Å². The Kier molecular flexibility index (Phi) is 3.50. The van der Waals surface area contributed by atoms with Crippen LogP contribution >= 0.6 is 11.8 Å². The number of thioether (sulfide) groups is 1. The van der Waals surface area contributed by atoms with E-state index in [0.29, 0.717) is 24.3 Å². The molecular formula is C14H22N2O2S. The van der Waals surface area contributed by atoms with Crippen LogP contribution in [-0.4, -0.2) is 46.3 Å². The molecule has 0 aromatic heterocycles. The van der Waals surface area contributed by atoms with Gasteiger partial charge in [-0.1, -0.05) is 0 Å². The van der Waals surface area contributed by atoms with Crippen LogP contribution < -0.4 is 5.32 Å². The summed E-state index contributed by atoms with van der Waals surface area (Å²) in [6, 6.07) is 0.300. The number of nitrogens with zero attached hydrogens (tertiary/aromatic N) is 1. The van der Waals surface area contributed by atoms with E-state index in [1.807, 2.05) is 11.8 Å². The molecule has 0 saturated carbocycles. The zero-order chi connectivity index (χ0) is 13.5. The Bertz CT molecular complexity index is 393. The molecule has 106 valence electrons. The highest BCUT2D eigenvalue weighted by molar-refractivity contribution is 8.01. The molecule has 3 heterocycles. The fourth-order valence-corrected chi connectivity index (χ4v) is 4.86. The van der Waals surface area contributed by atoms with E-state index >= 15 is 0 Å². The summed E-state index contributed by atoms with van der Waals surface area (Å²) < 4.78 is -0.190. The van der Waals surface area contributed by atoms with Gasteiger partial charge in [-0.25, -0.2) is 0 Å². The molecule has 0 spiro atoms. The lowest BCUT2D eigenvalue weighted by Crippen LogP contribution is -2.57. The number of carbonyl (C=O) groups excluding carboxylic acids is 2. The molecule has 19 heavy (non-hydrogen) atoms. The second-order valence-corrected chi connectivity index (χ2v) is 7.79. The number of fused-ring (bicyclic) bond motifs is 1. The Labute approximate surface area is 118 Å². The quantitative estimate of drug-likeness (QED) is 0.791. The topological polar surface area (TPSA) is 49.4 Å². The van der Waals surface area contributed by atoms with Crippen molar-refractivity contribution in [3.8, 4) is 0 Å². The van der Waals surface area contributed by atoms with Crippen LogP contribution in [0, 0.1) is 5.92 Å². The third kappa shape index (κ3) is 2.49. The lowest BCUT2D eigenvalue weighted by Gasteiger charge is -2.43. The number of likely N-dealkylation sites (tertiary alicyclic amines) is 1. The molecule has 3 unspecified atom stereocenters. The zero-order valence-corrected chi connectivity index (χ0v) is 12.3. The van der Waals surface area contributed by atoms with Gasteiger partial charge in [-0.05, 0) is 44.3 Å². The molecule has 0 aromatic rings. The molecule has 4 nitrogen and oxygen atoms in total. The van der Waals surface area contributed by atoms with Gasteiger partial charge in [0, 0.05) is 25.6 Å². The minimum absolute atomic E-state index is 0.180. The van der Waals surface area contributed by atoms with E-state index in [-0.39, 0.29) is 10.7 Å². The number of nitrogens with one attached hydrogen (secondary N) is 1. The van der Waals surface area contributed by atoms with Crippen molar-refractivity contribution in [1.29, 1.82) is 0 Å². The first-order valence-corrected chi connectivity index (χ1v) is 8.30. The Balaban J connectivity index is 1.64. The van der Waals surface area contributed by atoms with Crippen molar-refractivity contribution >= 4 is 23.6 Å². The van der Waals surface area contributed by atoms with Crippen LogP contribution in [0.25, 0.3) is 0 Å². The van der Waals surface area contributed by atoms with E-state index in [1.54, 1.807) is 0 Å². The van der Waals surface area contributed by atoms with Gasteiger partial charge in [0.1, 0.15) is 0 Å². The number of hydrogen-bond acceptors (Lipinski definition) is 3. The summed E-state index contributed by atoms with van der Waals surface area (Å²) >= 11 is 1.82. The van der Waals surface area contributed by atoms with E-state index < -0.39 is 0 Å². The molecule has 5 heteroatoms. The highest BCUT2D eigenvalue weighted by Crippen LogP contribution is 2.40. The zero-order valence-electron chi connectivity index (χ0n) is 11.5. The Hall–Kier alpha value is -0.710. The standard InChI is InChI=1S/C14H22N2O2S/c1-14(6-2-8-19-14)13(18)16-7-5-11-10(9-16)3-4-12(17)15-11/h10-11H,2-9H2,1H3,(H,15,17). The molecule has 3 aliphatic rings. The van der Waals surface area contributed by atoms with Crippen molar-refractivity contribution in [2.75, 3.05) is 18.8 Å². The SMILES string of the molecule is CC1(C(=O)N2CCC3NC(=O)CCC3C2)CCCS1. The second kappa shape index (κ2) is 5.00. The first-order chi connectivity index (χ1) is 9.08. The van der Waals surface area contributed by atoms with Crippen LogP contribution in [0.1, 0.15) is 39.0 Å². The van der Waals surface area contributed by atoms with Gasteiger partial charge in [-0.2, -0.15) is 0 Å². The molecule has 0 radical (unpaired) electrons. The fourth-order valence-electron chi connectivity index (χ4n) is 3.58. The van der Waals surface area contributed by atoms with E-state index in [4.69, 9.17) is 0 Å². The molecule has 1 N–H and O–H groups in total. The van der Waals surface area contributed by atoms with Gasteiger partial charge in [-0.3, -0.25) is 9.59 Å². The predicted molar refractivity (Wildman–Crippen MR) is 75.9 cm³/mol. The van der Waals surface area contributed by atoms with Gasteiger partial charge in [0.2, 0.25) is 11.8 Å². The lowest BCUT2D eigenvalue weighted by atomic mass is 9.84. The van der Waals surface area contributed by atoms with Crippen molar-refractivity contribution in [2.45, 2.75) is 49.8 Å². The van der Waals surface area contributed by atoms with Gasteiger partial charge in [0.15, 0.2) is 0 Å².